The normalized spacial score (nSPS) is 16.2. The lowest BCUT2D eigenvalue weighted by molar-refractivity contribution is -0.140. The van der Waals surface area contributed by atoms with E-state index < -0.39 is 67.5 Å². The summed E-state index contributed by atoms with van der Waals surface area (Å²) in [6, 6.07) is 16.5. The quantitative estimate of drug-likeness (QED) is 0.221. The smallest absolute Gasteiger partial charge is 0.415 e. The molecule has 3 N–H and O–H groups in total. The highest BCUT2D eigenvalue weighted by molar-refractivity contribution is 5.96. The van der Waals surface area contributed by atoms with Gasteiger partial charge in [-0.15, -0.1) is 0 Å². The molecule has 3 aromatic rings. The van der Waals surface area contributed by atoms with Crippen molar-refractivity contribution in [2.45, 2.75) is 37.8 Å². The third kappa shape index (κ3) is 9.61. The fourth-order valence-corrected chi connectivity index (χ4v) is 5.92. The van der Waals surface area contributed by atoms with Crippen molar-refractivity contribution in [3.05, 3.63) is 72.4 Å². The molecule has 0 spiro atoms. The van der Waals surface area contributed by atoms with Gasteiger partial charge in [-0.3, -0.25) is 24.0 Å². The molecule has 5 amide bonds. The second-order valence-electron chi connectivity index (χ2n) is 12.1. The molecule has 0 bridgehead atoms. The van der Waals surface area contributed by atoms with Gasteiger partial charge < -0.3 is 39.9 Å². The molecule has 2 saturated heterocycles. The van der Waals surface area contributed by atoms with Crippen molar-refractivity contribution in [1.82, 2.24) is 35.1 Å². The van der Waals surface area contributed by atoms with Crippen LogP contribution in [-0.4, -0.2) is 130 Å². The van der Waals surface area contributed by atoms with E-state index in [9.17, 15) is 38.3 Å². The Bertz CT molecular complexity index is 1730. The molecule has 16 nitrogen and oxygen atoms in total. The average Bonchev–Trinajstić information content (AvgIpc) is 3.83. The van der Waals surface area contributed by atoms with Crippen LogP contribution in [0, 0.1) is 0 Å². The Labute approximate surface area is 298 Å². The highest BCUT2D eigenvalue weighted by Crippen LogP contribution is 2.22. The first-order valence-corrected chi connectivity index (χ1v) is 16.9. The van der Waals surface area contributed by atoms with Gasteiger partial charge >= 0.3 is 12.1 Å². The van der Waals surface area contributed by atoms with Gasteiger partial charge in [0, 0.05) is 51.8 Å². The van der Waals surface area contributed by atoms with Gasteiger partial charge in [-0.25, -0.2) is 13.9 Å². The van der Waals surface area contributed by atoms with E-state index in [1.165, 1.54) is 25.4 Å². The number of likely N-dealkylation sites (tertiary alicyclic amines) is 1. The van der Waals surface area contributed by atoms with E-state index in [4.69, 9.17) is 9.47 Å². The molecular weight excluding hydrogens is 681 g/mol. The predicted molar refractivity (Wildman–Crippen MR) is 182 cm³/mol. The summed E-state index contributed by atoms with van der Waals surface area (Å²) in [7, 11) is 0. The fraction of sp³-hybridized carbons (Fsp3) is 0.400. The largest absolute Gasteiger partial charge is 0.481 e. The van der Waals surface area contributed by atoms with Gasteiger partial charge in [0.25, 0.3) is 11.8 Å². The first-order valence-electron chi connectivity index (χ1n) is 16.9. The first kappa shape index (κ1) is 37.3. The summed E-state index contributed by atoms with van der Waals surface area (Å²) < 4.78 is 25.1. The molecule has 0 saturated carbocycles. The van der Waals surface area contributed by atoms with Crippen LogP contribution < -0.4 is 20.1 Å². The zero-order chi connectivity index (χ0) is 37.0. The topological polar surface area (TPSA) is 193 Å². The minimum absolute atomic E-state index is 0.0225. The summed E-state index contributed by atoms with van der Waals surface area (Å²) in [5.41, 5.74) is 0.327. The van der Waals surface area contributed by atoms with Crippen LogP contribution >= 0.6 is 0 Å². The van der Waals surface area contributed by atoms with Gasteiger partial charge in [0.2, 0.25) is 17.7 Å². The molecule has 2 atom stereocenters. The number of aromatic nitrogens is 2. The number of hydrogen-bond donors (Lipinski definition) is 3. The van der Waals surface area contributed by atoms with Crippen LogP contribution in [0.15, 0.2) is 66.7 Å². The fourth-order valence-electron chi connectivity index (χ4n) is 5.92. The number of piperazine rings is 1. The Morgan fingerprint density at radius 1 is 0.923 bits per heavy atom. The van der Waals surface area contributed by atoms with Crippen LogP contribution in [0.3, 0.4) is 0 Å². The monoisotopic (exact) mass is 721 g/mol. The predicted octanol–water partition coefficient (Wildman–Crippen LogP) is 1.63. The van der Waals surface area contributed by atoms with Crippen LogP contribution in [0.5, 0.6) is 11.6 Å². The number of aliphatic carboxylic acids is 1. The number of rotatable bonds is 14. The van der Waals surface area contributed by atoms with Crippen molar-refractivity contribution in [1.29, 1.82) is 0 Å². The second-order valence-corrected chi connectivity index (χ2v) is 12.1. The lowest BCUT2D eigenvalue weighted by atomic mass is 10.1. The van der Waals surface area contributed by atoms with Crippen LogP contribution in [0.2, 0.25) is 0 Å². The number of nitrogens with one attached hydrogen (secondary N) is 2. The van der Waals surface area contributed by atoms with Crippen molar-refractivity contribution >= 4 is 35.7 Å². The van der Waals surface area contributed by atoms with Gasteiger partial charge in [-0.1, -0.05) is 36.4 Å². The third-order valence-electron chi connectivity index (χ3n) is 8.57. The SMILES string of the molecule is O=C(O)CC[C@H](NC(=O)c1cc(OCC(=O)N2CCC[C@H]2C(=O)NCCF)n(-c2ccccc2)n1)C(=O)N1CCN(C(=O)Oc2ccccc2)CC1. The summed E-state index contributed by atoms with van der Waals surface area (Å²) in [5.74, 6) is -3.00. The van der Waals surface area contributed by atoms with Gasteiger partial charge in [-0.05, 0) is 43.5 Å². The molecule has 0 unspecified atom stereocenters. The molecule has 5 rings (SSSR count). The molecule has 0 aliphatic carbocycles. The number of hydrogen-bond acceptors (Lipinski definition) is 9. The number of carbonyl (C=O) groups excluding carboxylic acids is 5. The van der Waals surface area contributed by atoms with E-state index in [1.807, 2.05) is 0 Å². The lowest BCUT2D eigenvalue weighted by Crippen LogP contribution is -2.56. The molecule has 1 aromatic heterocycles. The minimum atomic E-state index is -1.23. The number of alkyl halides is 1. The molecule has 2 aliphatic rings. The average molecular weight is 722 g/mol. The summed E-state index contributed by atoms with van der Waals surface area (Å²) in [6.07, 6.45) is -0.165. The van der Waals surface area contributed by atoms with E-state index in [2.05, 4.69) is 15.7 Å². The number of para-hydroxylation sites is 2. The summed E-state index contributed by atoms with van der Waals surface area (Å²) in [6.45, 7) is -0.458. The maximum atomic E-state index is 13.6. The molecule has 276 valence electrons. The maximum Gasteiger partial charge on any atom is 0.415 e. The lowest BCUT2D eigenvalue weighted by Gasteiger charge is -2.35. The summed E-state index contributed by atoms with van der Waals surface area (Å²) in [5, 5.41) is 18.8. The Morgan fingerprint density at radius 3 is 2.27 bits per heavy atom. The Morgan fingerprint density at radius 2 is 1.60 bits per heavy atom. The highest BCUT2D eigenvalue weighted by Gasteiger charge is 2.35. The number of benzene rings is 2. The Balaban J connectivity index is 1.26. The van der Waals surface area contributed by atoms with E-state index in [0.29, 0.717) is 30.8 Å². The zero-order valence-corrected chi connectivity index (χ0v) is 28.3. The number of carboxylic acids is 1. The van der Waals surface area contributed by atoms with Crippen LogP contribution in [0.1, 0.15) is 36.2 Å². The number of carboxylic acid groups (broad SMARTS) is 1. The van der Waals surface area contributed by atoms with Crippen LogP contribution in [0.25, 0.3) is 5.69 Å². The molecule has 17 heteroatoms. The number of nitrogens with zero attached hydrogens (tertiary/aromatic N) is 5. The van der Waals surface area contributed by atoms with Gasteiger partial charge in [0.05, 0.1) is 5.69 Å². The van der Waals surface area contributed by atoms with Gasteiger partial charge in [0.1, 0.15) is 24.5 Å². The molecular formula is C35H40FN7O9. The van der Waals surface area contributed by atoms with Crippen molar-refractivity contribution in [3.63, 3.8) is 0 Å². The first-order chi connectivity index (χ1) is 25.1. The standard InChI is InChI=1S/C35H40FN7O9/c36-15-16-37-33(48)28-12-7-17-42(28)29(44)23-51-30-22-27(39-43(30)24-8-3-1-4-9-24)32(47)38-26(13-14-31(45)46)34(49)40-18-20-41(21-19-40)35(50)52-25-10-5-2-6-11-25/h1-6,8-11,22,26,28H,7,12-21,23H2,(H,37,48)(H,38,47)(H,45,46)/t26-,28-/m0/s1. The van der Waals surface area contributed by atoms with Crippen molar-refractivity contribution in [3.8, 4) is 17.3 Å². The van der Waals surface area contributed by atoms with E-state index in [-0.39, 0.29) is 50.7 Å². The van der Waals surface area contributed by atoms with E-state index >= 15 is 0 Å². The number of ether oxygens (including phenoxy) is 2. The number of carbonyl (C=O) groups is 6. The highest BCUT2D eigenvalue weighted by atomic mass is 19.1. The molecule has 2 aliphatic heterocycles. The molecule has 52 heavy (non-hydrogen) atoms. The number of amides is 5. The minimum Gasteiger partial charge on any atom is -0.481 e. The summed E-state index contributed by atoms with van der Waals surface area (Å²) >= 11 is 0. The van der Waals surface area contributed by atoms with E-state index in [1.54, 1.807) is 60.7 Å². The molecule has 2 fully saturated rings. The number of halogens is 1. The summed E-state index contributed by atoms with van der Waals surface area (Å²) in [4.78, 5) is 81.2. The molecule has 2 aromatic carbocycles. The van der Waals surface area contributed by atoms with Crippen LogP contribution in [-0.2, 0) is 19.2 Å². The van der Waals surface area contributed by atoms with Crippen LogP contribution in [0.4, 0.5) is 9.18 Å². The third-order valence-corrected chi connectivity index (χ3v) is 8.57. The second kappa shape index (κ2) is 17.8. The Kier molecular flexibility index (Phi) is 12.7. The van der Waals surface area contributed by atoms with Crippen molar-refractivity contribution < 1.29 is 47.7 Å². The van der Waals surface area contributed by atoms with Gasteiger partial charge in [-0.2, -0.15) is 5.10 Å². The maximum absolute atomic E-state index is 13.6. The van der Waals surface area contributed by atoms with Crippen molar-refractivity contribution in [2.24, 2.45) is 0 Å². The molecule has 0 radical (unpaired) electrons. The molecule has 3 heterocycles. The Hall–Kier alpha value is -6.00. The van der Waals surface area contributed by atoms with E-state index in [0.717, 1.165) is 0 Å². The van der Waals surface area contributed by atoms with Gasteiger partial charge in [0.15, 0.2) is 12.3 Å². The zero-order valence-electron chi connectivity index (χ0n) is 28.3. The van der Waals surface area contributed by atoms with Crippen molar-refractivity contribution in [2.75, 3.05) is 52.6 Å².